The number of hydrogen-bond acceptors (Lipinski definition) is 5. The highest BCUT2D eigenvalue weighted by Gasteiger charge is 2.15. The van der Waals surface area contributed by atoms with Crippen LogP contribution in [0.2, 0.25) is 0 Å². The van der Waals surface area contributed by atoms with E-state index >= 15 is 0 Å². The van der Waals surface area contributed by atoms with Gasteiger partial charge in [0.25, 0.3) is 5.91 Å². The SMILES string of the molecule is COc1ccc(C(=O)OCC(=O)N[C@H](C)c2ccco2)cc1Br. The smallest absolute Gasteiger partial charge is 0.338 e. The van der Waals surface area contributed by atoms with Crippen LogP contribution in [0.5, 0.6) is 5.75 Å². The Bertz CT molecular complexity index is 684. The number of amides is 1. The average molecular weight is 382 g/mol. The minimum Gasteiger partial charge on any atom is -0.496 e. The molecular weight excluding hydrogens is 366 g/mol. The Labute approximate surface area is 141 Å². The van der Waals surface area contributed by atoms with Crippen LogP contribution in [-0.2, 0) is 9.53 Å². The lowest BCUT2D eigenvalue weighted by Gasteiger charge is -2.12. The van der Waals surface area contributed by atoms with Gasteiger partial charge in [-0.05, 0) is 53.2 Å². The number of carbonyl (C=O) groups excluding carboxylic acids is 2. The average Bonchev–Trinajstić information content (AvgIpc) is 3.07. The number of furan rings is 1. The van der Waals surface area contributed by atoms with Gasteiger partial charge in [0.05, 0.1) is 29.5 Å². The standard InChI is InChI=1S/C16H16BrNO5/c1-10(13-4-3-7-22-13)18-15(19)9-23-16(20)11-5-6-14(21-2)12(17)8-11/h3-8,10H,9H2,1-2H3,(H,18,19)/t10-/m1/s1. The Morgan fingerprint density at radius 3 is 2.74 bits per heavy atom. The first kappa shape index (κ1) is 17.1. The summed E-state index contributed by atoms with van der Waals surface area (Å²) in [6, 6.07) is 7.97. The summed E-state index contributed by atoms with van der Waals surface area (Å²) < 4.78 is 15.9. The summed E-state index contributed by atoms with van der Waals surface area (Å²) in [6.07, 6.45) is 1.53. The Kier molecular flexibility index (Phi) is 5.81. The van der Waals surface area contributed by atoms with Crippen LogP contribution in [0.4, 0.5) is 0 Å². The molecule has 0 aliphatic carbocycles. The monoisotopic (exact) mass is 381 g/mol. The van der Waals surface area contributed by atoms with Crippen molar-refractivity contribution < 1.29 is 23.5 Å². The number of nitrogens with one attached hydrogen (secondary N) is 1. The number of halogens is 1. The molecule has 7 heteroatoms. The Hall–Kier alpha value is -2.28. The van der Waals surface area contributed by atoms with Gasteiger partial charge in [-0.15, -0.1) is 0 Å². The highest BCUT2D eigenvalue weighted by molar-refractivity contribution is 9.10. The molecule has 1 atom stereocenters. The van der Waals surface area contributed by atoms with Crippen LogP contribution < -0.4 is 10.1 Å². The first-order valence-electron chi connectivity index (χ1n) is 6.84. The summed E-state index contributed by atoms with van der Waals surface area (Å²) in [4.78, 5) is 23.7. The summed E-state index contributed by atoms with van der Waals surface area (Å²) in [6.45, 7) is 1.41. The third-order valence-corrected chi connectivity index (χ3v) is 3.69. The van der Waals surface area contributed by atoms with Crippen LogP contribution in [0, 0.1) is 0 Å². The van der Waals surface area contributed by atoms with E-state index in [1.54, 1.807) is 37.3 Å². The second kappa shape index (κ2) is 7.82. The molecule has 0 unspecified atom stereocenters. The van der Waals surface area contributed by atoms with E-state index < -0.39 is 11.9 Å². The lowest BCUT2D eigenvalue weighted by Crippen LogP contribution is -2.30. The molecule has 23 heavy (non-hydrogen) atoms. The molecule has 0 fully saturated rings. The minimum atomic E-state index is -0.589. The molecule has 0 saturated carbocycles. The van der Waals surface area contributed by atoms with Gasteiger partial charge >= 0.3 is 5.97 Å². The summed E-state index contributed by atoms with van der Waals surface area (Å²) in [5.41, 5.74) is 0.324. The van der Waals surface area contributed by atoms with Crippen LogP contribution in [-0.4, -0.2) is 25.6 Å². The van der Waals surface area contributed by atoms with Gasteiger partial charge in [0.15, 0.2) is 6.61 Å². The van der Waals surface area contributed by atoms with E-state index in [1.807, 2.05) is 0 Å². The molecule has 1 N–H and O–H groups in total. The van der Waals surface area contributed by atoms with E-state index in [1.165, 1.54) is 13.4 Å². The second-order valence-electron chi connectivity index (χ2n) is 4.73. The van der Waals surface area contributed by atoms with Gasteiger partial charge < -0.3 is 19.2 Å². The number of benzene rings is 1. The lowest BCUT2D eigenvalue weighted by atomic mass is 10.2. The van der Waals surface area contributed by atoms with Gasteiger partial charge in [-0.3, -0.25) is 4.79 Å². The maximum absolute atomic E-state index is 11.9. The molecule has 1 amide bonds. The molecule has 6 nitrogen and oxygen atoms in total. The van der Waals surface area contributed by atoms with Crippen LogP contribution in [0.25, 0.3) is 0 Å². The normalized spacial score (nSPS) is 11.6. The first-order chi connectivity index (χ1) is 11.0. The third-order valence-electron chi connectivity index (χ3n) is 3.07. The van der Waals surface area contributed by atoms with E-state index in [2.05, 4.69) is 21.2 Å². The van der Waals surface area contributed by atoms with Crippen molar-refractivity contribution in [3.8, 4) is 5.75 Å². The molecule has 0 spiro atoms. The zero-order valence-electron chi connectivity index (χ0n) is 12.7. The maximum atomic E-state index is 11.9. The molecule has 0 saturated heterocycles. The van der Waals surface area contributed by atoms with Crippen LogP contribution in [0.3, 0.4) is 0 Å². The summed E-state index contributed by atoms with van der Waals surface area (Å²) >= 11 is 3.29. The Morgan fingerprint density at radius 1 is 1.35 bits per heavy atom. The molecule has 1 aromatic carbocycles. The van der Waals surface area contributed by atoms with Gasteiger partial charge in [0, 0.05) is 0 Å². The van der Waals surface area contributed by atoms with Gasteiger partial charge in [-0.2, -0.15) is 0 Å². The van der Waals surface area contributed by atoms with E-state index in [-0.39, 0.29) is 12.6 Å². The van der Waals surface area contributed by atoms with Gasteiger partial charge in [0.1, 0.15) is 11.5 Å². The molecule has 2 rings (SSSR count). The molecule has 2 aromatic rings. The molecule has 1 aromatic heterocycles. The van der Waals surface area contributed by atoms with Crippen molar-refractivity contribution in [3.05, 3.63) is 52.4 Å². The fourth-order valence-corrected chi connectivity index (χ4v) is 2.44. The zero-order chi connectivity index (χ0) is 16.8. The van der Waals surface area contributed by atoms with E-state index in [0.29, 0.717) is 21.5 Å². The van der Waals surface area contributed by atoms with E-state index in [4.69, 9.17) is 13.9 Å². The van der Waals surface area contributed by atoms with E-state index in [0.717, 1.165) is 0 Å². The number of hydrogen-bond donors (Lipinski definition) is 1. The van der Waals surface area contributed by atoms with Crippen molar-refractivity contribution >= 4 is 27.8 Å². The fourth-order valence-electron chi connectivity index (χ4n) is 1.90. The van der Waals surface area contributed by atoms with Crippen molar-refractivity contribution in [1.29, 1.82) is 0 Å². The molecule has 0 bridgehead atoms. The summed E-state index contributed by atoms with van der Waals surface area (Å²) in [5, 5.41) is 2.68. The fraction of sp³-hybridized carbons (Fsp3) is 0.250. The van der Waals surface area contributed by atoms with Crippen molar-refractivity contribution in [2.45, 2.75) is 13.0 Å². The number of esters is 1. The summed E-state index contributed by atoms with van der Waals surface area (Å²) in [5.74, 6) is 0.235. The quantitative estimate of drug-likeness (QED) is 0.777. The predicted molar refractivity (Wildman–Crippen MR) is 86.2 cm³/mol. The number of methoxy groups -OCH3 is 1. The van der Waals surface area contributed by atoms with Crippen molar-refractivity contribution in [3.63, 3.8) is 0 Å². The zero-order valence-corrected chi connectivity index (χ0v) is 14.3. The maximum Gasteiger partial charge on any atom is 0.338 e. The van der Waals surface area contributed by atoms with Gasteiger partial charge in [-0.25, -0.2) is 4.79 Å². The predicted octanol–water partition coefficient (Wildman–Crippen LogP) is 3.08. The number of rotatable bonds is 6. The lowest BCUT2D eigenvalue weighted by molar-refractivity contribution is -0.125. The van der Waals surface area contributed by atoms with Gasteiger partial charge in [0.2, 0.25) is 0 Å². The molecule has 0 radical (unpaired) electrons. The third kappa shape index (κ3) is 4.59. The topological polar surface area (TPSA) is 77.8 Å². The number of carbonyl (C=O) groups is 2. The van der Waals surface area contributed by atoms with Crippen LogP contribution in [0.15, 0.2) is 45.5 Å². The molecule has 1 heterocycles. The second-order valence-corrected chi connectivity index (χ2v) is 5.58. The molecular formula is C16H16BrNO5. The first-order valence-corrected chi connectivity index (χ1v) is 7.64. The summed E-state index contributed by atoms with van der Waals surface area (Å²) in [7, 11) is 1.53. The largest absolute Gasteiger partial charge is 0.496 e. The molecule has 0 aliphatic rings. The van der Waals surface area contributed by atoms with Crippen LogP contribution in [0.1, 0.15) is 29.1 Å². The van der Waals surface area contributed by atoms with Crippen LogP contribution >= 0.6 is 15.9 Å². The Morgan fingerprint density at radius 2 is 2.13 bits per heavy atom. The highest BCUT2D eigenvalue weighted by Crippen LogP contribution is 2.25. The molecule has 0 aliphatic heterocycles. The van der Waals surface area contributed by atoms with Gasteiger partial charge in [-0.1, -0.05) is 0 Å². The van der Waals surface area contributed by atoms with Crippen molar-refractivity contribution in [2.24, 2.45) is 0 Å². The molecule has 122 valence electrons. The highest BCUT2D eigenvalue weighted by atomic mass is 79.9. The Balaban J connectivity index is 1.86. The van der Waals surface area contributed by atoms with E-state index in [9.17, 15) is 9.59 Å². The number of ether oxygens (including phenoxy) is 2. The van der Waals surface area contributed by atoms with Crippen molar-refractivity contribution in [1.82, 2.24) is 5.32 Å². The minimum absolute atomic E-state index is 0.300. The van der Waals surface area contributed by atoms with Crippen molar-refractivity contribution in [2.75, 3.05) is 13.7 Å².